The molecule has 44 heavy (non-hydrogen) atoms. The van der Waals surface area contributed by atoms with E-state index >= 15 is 0 Å². The van der Waals surface area contributed by atoms with Crippen molar-refractivity contribution in [1.82, 2.24) is 20.2 Å². The number of hydrogen-bond donors (Lipinski definition) is 3. The van der Waals surface area contributed by atoms with Crippen molar-refractivity contribution in [3.63, 3.8) is 0 Å². The van der Waals surface area contributed by atoms with E-state index in [0.717, 1.165) is 43.1 Å². The molecule has 11 nitrogen and oxygen atoms in total. The van der Waals surface area contributed by atoms with Crippen molar-refractivity contribution in [2.24, 2.45) is 0 Å². The first kappa shape index (κ1) is 30.3. The van der Waals surface area contributed by atoms with Crippen LogP contribution in [0.4, 0.5) is 39.2 Å². The second kappa shape index (κ2) is 14.3. The minimum Gasteiger partial charge on any atom is -0.494 e. The van der Waals surface area contributed by atoms with Gasteiger partial charge in [-0.05, 0) is 42.9 Å². The van der Waals surface area contributed by atoms with E-state index in [-0.39, 0.29) is 11.9 Å². The second-order valence-electron chi connectivity index (χ2n) is 10.5. The number of rotatable bonds is 10. The number of carbonyl (C=O) groups excluding carboxylic acids is 2. The smallest absolute Gasteiger partial charge is 0.327 e. The van der Waals surface area contributed by atoms with Crippen molar-refractivity contribution in [2.45, 2.75) is 19.9 Å². The molecule has 0 saturated carbocycles. The quantitative estimate of drug-likeness (QED) is 0.224. The molecule has 3 aromatic carbocycles. The molecule has 3 N–H and O–H groups in total. The van der Waals surface area contributed by atoms with Crippen LogP contribution in [0.5, 0.6) is 5.75 Å². The van der Waals surface area contributed by atoms with Crippen molar-refractivity contribution in [1.29, 1.82) is 0 Å². The highest BCUT2D eigenvalue weighted by Crippen LogP contribution is 2.33. The number of aromatic nitrogens is 2. The second-order valence-corrected chi connectivity index (χ2v) is 10.5. The van der Waals surface area contributed by atoms with Gasteiger partial charge in [-0.15, -0.1) is 0 Å². The molecule has 0 radical (unpaired) electrons. The van der Waals surface area contributed by atoms with E-state index < -0.39 is 0 Å². The molecule has 3 amide bonds. The van der Waals surface area contributed by atoms with Crippen LogP contribution in [-0.4, -0.2) is 67.1 Å². The van der Waals surface area contributed by atoms with Crippen molar-refractivity contribution in [3.05, 3.63) is 90.8 Å². The molecule has 11 heteroatoms. The van der Waals surface area contributed by atoms with Crippen molar-refractivity contribution in [3.8, 4) is 5.75 Å². The third-order valence-electron chi connectivity index (χ3n) is 7.40. The van der Waals surface area contributed by atoms with Crippen molar-refractivity contribution >= 4 is 46.3 Å². The number of nitrogens with zero attached hydrogens (tertiary/aromatic N) is 5. The lowest BCUT2D eigenvalue weighted by atomic mass is 10.2. The van der Waals surface area contributed by atoms with E-state index in [0.29, 0.717) is 41.7 Å². The monoisotopic (exact) mass is 594 g/mol. The first-order valence-corrected chi connectivity index (χ1v) is 14.7. The Morgan fingerprint density at radius 3 is 2.48 bits per heavy atom. The lowest BCUT2D eigenvalue weighted by molar-refractivity contribution is -0.115. The molecule has 0 unspecified atom stereocenters. The van der Waals surface area contributed by atoms with Crippen molar-refractivity contribution < 1.29 is 14.3 Å². The number of methoxy groups -OCH3 is 1. The molecule has 1 aliphatic rings. The molecular formula is C33H38N8O3. The zero-order valence-corrected chi connectivity index (χ0v) is 25.3. The first-order chi connectivity index (χ1) is 21.4. The average Bonchev–Trinajstić information content (AvgIpc) is 3.05. The highest BCUT2D eigenvalue weighted by molar-refractivity contribution is 6.00. The van der Waals surface area contributed by atoms with E-state index in [1.54, 1.807) is 44.4 Å². The summed E-state index contributed by atoms with van der Waals surface area (Å²) in [5.41, 5.74) is 3.90. The van der Waals surface area contributed by atoms with Crippen LogP contribution in [0, 0.1) is 0 Å². The third kappa shape index (κ3) is 7.61. The van der Waals surface area contributed by atoms with Gasteiger partial charge in [0, 0.05) is 62.7 Å². The molecule has 1 fully saturated rings. The van der Waals surface area contributed by atoms with Gasteiger partial charge in [0.05, 0.1) is 18.5 Å². The lowest BCUT2D eigenvalue weighted by Gasteiger charge is -2.34. The molecular weight excluding hydrogens is 556 g/mol. The number of piperazine rings is 1. The SMILES string of the molecule is CCC(=O)Nc1cccc(N(C(=O)NCc2ccccc2)c2cc(Nc3ccc(N4CCN(C)CC4)cc3OC)ncn2)c1. The number of anilines is 6. The van der Waals surface area contributed by atoms with E-state index in [4.69, 9.17) is 4.74 Å². The largest absolute Gasteiger partial charge is 0.494 e. The molecule has 5 rings (SSSR count). The molecule has 0 spiro atoms. The van der Waals surface area contributed by atoms with E-state index in [1.807, 2.05) is 42.5 Å². The molecule has 1 saturated heterocycles. The number of hydrogen-bond acceptors (Lipinski definition) is 8. The lowest BCUT2D eigenvalue weighted by Crippen LogP contribution is -2.44. The Bertz CT molecular complexity index is 1570. The highest BCUT2D eigenvalue weighted by Gasteiger charge is 2.22. The normalized spacial score (nSPS) is 13.2. The van der Waals surface area contributed by atoms with Crippen LogP contribution in [-0.2, 0) is 11.3 Å². The summed E-state index contributed by atoms with van der Waals surface area (Å²) in [7, 11) is 3.78. The zero-order valence-electron chi connectivity index (χ0n) is 25.3. The van der Waals surface area contributed by atoms with Crippen LogP contribution in [0.15, 0.2) is 85.2 Å². The number of urea groups is 1. The number of benzene rings is 3. The summed E-state index contributed by atoms with van der Waals surface area (Å²) in [5.74, 6) is 1.39. The highest BCUT2D eigenvalue weighted by atomic mass is 16.5. The van der Waals surface area contributed by atoms with Crippen LogP contribution >= 0.6 is 0 Å². The molecule has 2 heterocycles. The van der Waals surface area contributed by atoms with Gasteiger partial charge in [0.15, 0.2) is 0 Å². The van der Waals surface area contributed by atoms with Crippen LogP contribution in [0.1, 0.15) is 18.9 Å². The summed E-state index contributed by atoms with van der Waals surface area (Å²) in [5, 5.41) is 9.18. The molecule has 0 bridgehead atoms. The predicted molar refractivity (Wildman–Crippen MR) is 174 cm³/mol. The Kier molecular flexibility index (Phi) is 9.88. The summed E-state index contributed by atoms with van der Waals surface area (Å²) in [6, 6.07) is 24.1. The topological polar surface area (TPSA) is 115 Å². The Balaban J connectivity index is 1.42. The predicted octanol–water partition coefficient (Wildman–Crippen LogP) is 5.38. The standard InChI is InChI=1S/C33H38N8O3/c1-4-32(42)37-25-11-8-12-27(19-25)41(33(43)34-22-24-9-6-5-7-10-24)31-21-30(35-23-36-31)38-28-14-13-26(20-29(28)44-3)40-17-15-39(2)16-18-40/h5-14,19-21,23H,4,15-18,22H2,1-3H3,(H,34,43)(H,37,42)(H,35,36,38). The van der Waals surface area contributed by atoms with E-state index in [9.17, 15) is 9.59 Å². The summed E-state index contributed by atoms with van der Waals surface area (Å²) >= 11 is 0. The summed E-state index contributed by atoms with van der Waals surface area (Å²) in [6.07, 6.45) is 1.75. The third-order valence-corrected chi connectivity index (χ3v) is 7.40. The fraction of sp³-hybridized carbons (Fsp3) is 0.273. The molecule has 0 aliphatic carbocycles. The Hall–Kier alpha value is -5.16. The van der Waals surface area contributed by atoms with Gasteiger partial charge in [-0.25, -0.2) is 19.7 Å². The first-order valence-electron chi connectivity index (χ1n) is 14.7. The van der Waals surface area contributed by atoms with Crippen molar-refractivity contribution in [2.75, 3.05) is 60.8 Å². The molecule has 228 valence electrons. The van der Waals surface area contributed by atoms with Crippen LogP contribution in [0.25, 0.3) is 0 Å². The maximum Gasteiger partial charge on any atom is 0.327 e. The Morgan fingerprint density at radius 2 is 1.73 bits per heavy atom. The molecule has 1 aliphatic heterocycles. The average molecular weight is 595 g/mol. The van der Waals surface area contributed by atoms with Gasteiger partial charge in [-0.2, -0.15) is 0 Å². The molecule has 0 atom stereocenters. The fourth-order valence-corrected chi connectivity index (χ4v) is 4.90. The maximum absolute atomic E-state index is 13.7. The molecule has 1 aromatic heterocycles. The molecule has 4 aromatic rings. The van der Waals surface area contributed by atoms with E-state index in [1.165, 1.54) is 11.2 Å². The number of nitrogens with one attached hydrogen (secondary N) is 3. The zero-order chi connectivity index (χ0) is 30.9. The van der Waals surface area contributed by atoms with Gasteiger partial charge in [-0.3, -0.25) is 4.79 Å². The van der Waals surface area contributed by atoms with Gasteiger partial charge in [0.2, 0.25) is 5.91 Å². The Labute approximate surface area is 257 Å². The van der Waals surface area contributed by atoms with Gasteiger partial charge < -0.3 is 30.5 Å². The summed E-state index contributed by atoms with van der Waals surface area (Å²) < 4.78 is 5.73. The number of amides is 3. The van der Waals surface area contributed by atoms with Gasteiger partial charge in [0.1, 0.15) is 23.7 Å². The van der Waals surface area contributed by atoms with Gasteiger partial charge in [0.25, 0.3) is 0 Å². The van der Waals surface area contributed by atoms with Crippen LogP contribution in [0.2, 0.25) is 0 Å². The van der Waals surface area contributed by atoms with Crippen LogP contribution < -0.4 is 30.5 Å². The minimum absolute atomic E-state index is 0.122. The fourth-order valence-electron chi connectivity index (χ4n) is 4.90. The summed E-state index contributed by atoms with van der Waals surface area (Å²) in [6.45, 7) is 6.04. The van der Waals surface area contributed by atoms with Crippen LogP contribution in [0.3, 0.4) is 0 Å². The Morgan fingerprint density at radius 1 is 0.932 bits per heavy atom. The van der Waals surface area contributed by atoms with Gasteiger partial charge in [-0.1, -0.05) is 43.3 Å². The number of ether oxygens (including phenoxy) is 1. The van der Waals surface area contributed by atoms with E-state index in [2.05, 4.69) is 48.8 Å². The summed E-state index contributed by atoms with van der Waals surface area (Å²) in [4.78, 5) is 40.8. The van der Waals surface area contributed by atoms with Gasteiger partial charge >= 0.3 is 6.03 Å². The minimum atomic E-state index is -0.383. The maximum atomic E-state index is 13.7. The number of carbonyl (C=O) groups is 2. The number of likely N-dealkylation sites (N-methyl/N-ethyl adjacent to an activating group) is 1.